The molecule has 0 spiro atoms. The third kappa shape index (κ3) is 6.92. The van der Waals surface area contributed by atoms with Gasteiger partial charge in [0.15, 0.2) is 0 Å². The summed E-state index contributed by atoms with van der Waals surface area (Å²) in [7, 11) is 0. The third-order valence-electron chi connectivity index (χ3n) is 3.23. The van der Waals surface area contributed by atoms with Crippen LogP contribution < -0.4 is 16.4 Å². The predicted octanol–water partition coefficient (Wildman–Crippen LogP) is 2.90. The molecule has 0 saturated heterocycles. The Kier molecular flexibility index (Phi) is 7.27. The van der Waals surface area contributed by atoms with Crippen molar-refractivity contribution in [3.05, 3.63) is 54.6 Å². The molecule has 0 unspecified atom stereocenters. The molecular formula is C18H21N5O2. The lowest BCUT2D eigenvalue weighted by atomic mass is 10.2. The van der Waals surface area contributed by atoms with Crippen molar-refractivity contribution in [2.45, 2.75) is 12.8 Å². The molecule has 7 nitrogen and oxygen atoms in total. The summed E-state index contributed by atoms with van der Waals surface area (Å²) in [6.07, 6.45) is 0.251. The number of amides is 2. The van der Waals surface area contributed by atoms with Crippen LogP contribution in [0.3, 0.4) is 0 Å². The van der Waals surface area contributed by atoms with Crippen LogP contribution in [0.2, 0.25) is 0 Å². The molecule has 0 radical (unpaired) electrons. The minimum atomic E-state index is -0.221. The molecule has 0 fully saturated rings. The van der Waals surface area contributed by atoms with Gasteiger partial charge in [0.1, 0.15) is 0 Å². The second kappa shape index (κ2) is 9.94. The molecule has 0 heterocycles. The Labute approximate surface area is 146 Å². The van der Waals surface area contributed by atoms with Crippen molar-refractivity contribution < 1.29 is 9.59 Å². The number of carbonyl (C=O) groups is 2. The first-order chi connectivity index (χ1) is 12.2. The summed E-state index contributed by atoms with van der Waals surface area (Å²) in [4.78, 5) is 23.3. The second-order valence-corrected chi connectivity index (χ2v) is 5.27. The lowest BCUT2D eigenvalue weighted by molar-refractivity contribution is -0.124. The molecule has 7 heteroatoms. The number of hydrogen-bond donors (Lipinski definition) is 3. The van der Waals surface area contributed by atoms with Crippen LogP contribution in [0.5, 0.6) is 0 Å². The Bertz CT molecular complexity index is 714. The van der Waals surface area contributed by atoms with Gasteiger partial charge in [-0.15, -0.1) is 0 Å². The molecule has 130 valence electrons. The van der Waals surface area contributed by atoms with Crippen LogP contribution in [-0.2, 0) is 9.59 Å². The molecular weight excluding hydrogens is 318 g/mol. The minimum Gasteiger partial charge on any atom is -0.355 e. The summed E-state index contributed by atoms with van der Waals surface area (Å²) in [5.74, 6) is -0.404. The Morgan fingerprint density at radius 2 is 1.44 bits per heavy atom. The highest BCUT2D eigenvalue weighted by molar-refractivity contribution is 5.93. The maximum atomic E-state index is 11.8. The van der Waals surface area contributed by atoms with Gasteiger partial charge in [-0.25, -0.2) is 0 Å². The van der Waals surface area contributed by atoms with Gasteiger partial charge in [-0.1, -0.05) is 18.2 Å². The molecule has 2 aromatic carbocycles. The quantitative estimate of drug-likeness (QED) is 0.643. The number of hydrogen-bond acceptors (Lipinski definition) is 5. The van der Waals surface area contributed by atoms with Gasteiger partial charge in [0.05, 0.1) is 11.4 Å². The van der Waals surface area contributed by atoms with Gasteiger partial charge in [0.25, 0.3) is 0 Å². The highest BCUT2D eigenvalue weighted by Gasteiger charge is 2.06. The van der Waals surface area contributed by atoms with Crippen LogP contribution >= 0.6 is 0 Å². The van der Waals surface area contributed by atoms with E-state index in [1.54, 1.807) is 24.3 Å². The Morgan fingerprint density at radius 1 is 0.840 bits per heavy atom. The SMILES string of the molecule is NCCNC(=O)CCC(=O)Nc1ccc(N=Nc2ccccc2)cc1. The van der Waals surface area contributed by atoms with Crippen LogP contribution in [0.25, 0.3) is 0 Å². The van der Waals surface area contributed by atoms with E-state index < -0.39 is 0 Å². The first-order valence-corrected chi connectivity index (χ1v) is 8.01. The molecule has 0 aliphatic rings. The molecule has 4 N–H and O–H groups in total. The van der Waals surface area contributed by atoms with Gasteiger partial charge < -0.3 is 16.4 Å². The summed E-state index contributed by atoms with van der Waals surface area (Å²) >= 11 is 0. The number of benzene rings is 2. The highest BCUT2D eigenvalue weighted by Crippen LogP contribution is 2.20. The minimum absolute atomic E-state index is 0.117. The maximum absolute atomic E-state index is 11.8. The first-order valence-electron chi connectivity index (χ1n) is 8.01. The van der Waals surface area contributed by atoms with E-state index >= 15 is 0 Å². The molecule has 2 aromatic rings. The molecule has 25 heavy (non-hydrogen) atoms. The molecule has 0 aromatic heterocycles. The molecule has 0 atom stereocenters. The van der Waals surface area contributed by atoms with E-state index in [0.29, 0.717) is 24.5 Å². The van der Waals surface area contributed by atoms with Gasteiger partial charge in [-0.05, 0) is 36.4 Å². The number of carbonyl (C=O) groups excluding carboxylic acids is 2. The normalized spacial score (nSPS) is 10.6. The number of azo groups is 1. The van der Waals surface area contributed by atoms with Crippen LogP contribution in [0, 0.1) is 0 Å². The van der Waals surface area contributed by atoms with Crippen molar-refractivity contribution in [3.8, 4) is 0 Å². The van der Waals surface area contributed by atoms with Crippen molar-refractivity contribution in [2.24, 2.45) is 16.0 Å². The van der Waals surface area contributed by atoms with Crippen molar-refractivity contribution in [1.29, 1.82) is 0 Å². The summed E-state index contributed by atoms with van der Waals surface area (Å²) in [6, 6.07) is 16.4. The van der Waals surface area contributed by atoms with E-state index in [1.165, 1.54) is 0 Å². The van der Waals surface area contributed by atoms with Crippen molar-refractivity contribution >= 4 is 28.9 Å². The van der Waals surface area contributed by atoms with E-state index in [9.17, 15) is 9.59 Å². The smallest absolute Gasteiger partial charge is 0.224 e. The van der Waals surface area contributed by atoms with E-state index in [-0.39, 0.29) is 24.7 Å². The van der Waals surface area contributed by atoms with Crippen molar-refractivity contribution in [2.75, 3.05) is 18.4 Å². The van der Waals surface area contributed by atoms with Crippen molar-refractivity contribution in [1.82, 2.24) is 5.32 Å². The fourth-order valence-corrected chi connectivity index (χ4v) is 1.97. The lowest BCUT2D eigenvalue weighted by Gasteiger charge is -2.06. The van der Waals surface area contributed by atoms with Crippen molar-refractivity contribution in [3.63, 3.8) is 0 Å². The number of rotatable bonds is 8. The van der Waals surface area contributed by atoms with E-state index in [1.807, 2.05) is 30.3 Å². The van der Waals surface area contributed by atoms with Gasteiger partial charge in [-0.3, -0.25) is 9.59 Å². The largest absolute Gasteiger partial charge is 0.355 e. The van der Waals surface area contributed by atoms with Gasteiger partial charge in [0, 0.05) is 31.6 Å². The summed E-state index contributed by atoms with van der Waals surface area (Å²) in [5, 5.41) is 13.6. The number of nitrogens with zero attached hydrogens (tertiary/aromatic N) is 2. The number of nitrogens with two attached hydrogens (primary N) is 1. The summed E-state index contributed by atoms with van der Waals surface area (Å²) < 4.78 is 0. The Balaban J connectivity index is 1.80. The highest BCUT2D eigenvalue weighted by atomic mass is 16.2. The molecule has 0 saturated carbocycles. The Hall–Kier alpha value is -3.06. The predicted molar refractivity (Wildman–Crippen MR) is 97.0 cm³/mol. The monoisotopic (exact) mass is 339 g/mol. The zero-order chi connectivity index (χ0) is 17.9. The lowest BCUT2D eigenvalue weighted by Crippen LogP contribution is -2.29. The van der Waals surface area contributed by atoms with Gasteiger partial charge in [0.2, 0.25) is 11.8 Å². The third-order valence-corrected chi connectivity index (χ3v) is 3.23. The molecule has 0 bridgehead atoms. The molecule has 0 aliphatic carbocycles. The van der Waals surface area contributed by atoms with E-state index in [2.05, 4.69) is 20.9 Å². The maximum Gasteiger partial charge on any atom is 0.224 e. The Morgan fingerprint density at radius 3 is 2.08 bits per heavy atom. The van der Waals surface area contributed by atoms with Crippen LogP contribution in [-0.4, -0.2) is 24.9 Å². The standard InChI is InChI=1S/C18H21N5O2/c19-12-13-20-17(24)10-11-18(25)21-14-6-8-16(9-7-14)23-22-15-4-2-1-3-5-15/h1-9H,10-13,19H2,(H,20,24)(H,21,25). The fraction of sp³-hybridized carbons (Fsp3) is 0.222. The second-order valence-electron chi connectivity index (χ2n) is 5.27. The summed E-state index contributed by atoms with van der Waals surface area (Å²) in [6.45, 7) is 0.797. The molecule has 0 aliphatic heterocycles. The number of anilines is 1. The van der Waals surface area contributed by atoms with Gasteiger partial charge >= 0.3 is 0 Å². The van der Waals surface area contributed by atoms with Gasteiger partial charge in [-0.2, -0.15) is 10.2 Å². The molecule has 2 rings (SSSR count). The van der Waals surface area contributed by atoms with Crippen LogP contribution in [0.4, 0.5) is 17.1 Å². The summed E-state index contributed by atoms with van der Waals surface area (Å²) in [5.41, 5.74) is 7.39. The number of nitrogens with one attached hydrogen (secondary N) is 2. The zero-order valence-electron chi connectivity index (χ0n) is 13.8. The zero-order valence-corrected chi connectivity index (χ0v) is 13.8. The fourth-order valence-electron chi connectivity index (χ4n) is 1.97. The average molecular weight is 339 g/mol. The molecule has 2 amide bonds. The average Bonchev–Trinajstić information content (AvgIpc) is 2.65. The first kappa shape index (κ1) is 18.3. The van der Waals surface area contributed by atoms with E-state index in [4.69, 9.17) is 5.73 Å². The van der Waals surface area contributed by atoms with Crippen LogP contribution in [0.1, 0.15) is 12.8 Å². The van der Waals surface area contributed by atoms with E-state index in [0.717, 1.165) is 5.69 Å². The topological polar surface area (TPSA) is 109 Å². The van der Waals surface area contributed by atoms with Crippen LogP contribution in [0.15, 0.2) is 64.8 Å².